The second-order valence-corrected chi connectivity index (χ2v) is 7.08. The van der Waals surface area contributed by atoms with Gasteiger partial charge in [-0.2, -0.15) is 0 Å². The third kappa shape index (κ3) is 2.53. The molecular weight excluding hydrogens is 302 g/mol. The number of benzene rings is 1. The van der Waals surface area contributed by atoms with Crippen molar-refractivity contribution in [2.75, 3.05) is 5.75 Å². The van der Waals surface area contributed by atoms with E-state index in [0.717, 1.165) is 4.90 Å². The molecular formula is C12H13NO5S2. The van der Waals surface area contributed by atoms with Gasteiger partial charge in [-0.25, -0.2) is 0 Å². The summed E-state index contributed by atoms with van der Waals surface area (Å²) >= 11 is 2.92. The molecule has 3 rings (SSSR count). The third-order valence-electron chi connectivity index (χ3n) is 3.37. The van der Waals surface area contributed by atoms with E-state index in [9.17, 15) is 20.3 Å². The van der Waals surface area contributed by atoms with Crippen LogP contribution < -0.4 is 0 Å². The molecule has 1 aromatic rings. The summed E-state index contributed by atoms with van der Waals surface area (Å²) in [4.78, 5) is 11.0. The summed E-state index contributed by atoms with van der Waals surface area (Å²) in [6.45, 7) is 0. The van der Waals surface area contributed by atoms with Gasteiger partial charge in [-0.15, -0.1) is 11.8 Å². The Balaban J connectivity index is 1.71. The molecule has 2 aliphatic heterocycles. The van der Waals surface area contributed by atoms with E-state index >= 15 is 0 Å². The highest BCUT2D eigenvalue weighted by molar-refractivity contribution is 8.03. The van der Waals surface area contributed by atoms with Gasteiger partial charge in [0.1, 0.15) is 11.5 Å². The number of thioether (sulfide) groups is 2. The second kappa shape index (κ2) is 5.53. The maximum Gasteiger partial charge on any atom is 0.269 e. The predicted octanol–water partition coefficient (Wildman–Crippen LogP) is 1.25. The van der Waals surface area contributed by atoms with Gasteiger partial charge in [0.25, 0.3) is 5.69 Å². The second-order valence-electron chi connectivity index (χ2n) is 4.69. The van der Waals surface area contributed by atoms with Crippen LogP contribution in [0.25, 0.3) is 0 Å². The van der Waals surface area contributed by atoms with Gasteiger partial charge in [-0.1, -0.05) is 11.8 Å². The monoisotopic (exact) mass is 315 g/mol. The molecule has 2 N–H and O–H groups in total. The van der Waals surface area contributed by atoms with E-state index in [4.69, 9.17) is 4.74 Å². The lowest BCUT2D eigenvalue weighted by Gasteiger charge is -2.27. The minimum Gasteiger partial charge on any atom is -0.389 e. The number of nitrogens with zero attached hydrogens (tertiary/aromatic N) is 1. The van der Waals surface area contributed by atoms with Crippen LogP contribution >= 0.6 is 23.5 Å². The first kappa shape index (κ1) is 14.2. The predicted molar refractivity (Wildman–Crippen MR) is 75.9 cm³/mol. The largest absolute Gasteiger partial charge is 0.389 e. The number of non-ortho nitro benzene ring substituents is 1. The molecule has 0 aliphatic carbocycles. The Labute approximate surface area is 123 Å². The van der Waals surface area contributed by atoms with E-state index in [2.05, 4.69) is 0 Å². The topological polar surface area (TPSA) is 92.8 Å². The average molecular weight is 315 g/mol. The molecule has 5 atom stereocenters. The molecule has 0 amide bonds. The van der Waals surface area contributed by atoms with Crippen LogP contribution in [0, 0.1) is 10.1 Å². The molecule has 6 nitrogen and oxygen atoms in total. The van der Waals surface area contributed by atoms with Gasteiger partial charge in [0.2, 0.25) is 0 Å². The number of fused-ring (bicyclic) bond motifs is 2. The van der Waals surface area contributed by atoms with E-state index in [1.807, 2.05) is 0 Å². The van der Waals surface area contributed by atoms with Crippen LogP contribution in [0.15, 0.2) is 29.2 Å². The van der Waals surface area contributed by atoms with E-state index in [0.29, 0.717) is 5.75 Å². The average Bonchev–Trinajstić information content (AvgIpc) is 2.62. The van der Waals surface area contributed by atoms with Crippen molar-refractivity contribution in [2.45, 2.75) is 33.9 Å². The number of rotatable bonds is 3. The number of aliphatic hydroxyl groups is 2. The van der Waals surface area contributed by atoms with Crippen molar-refractivity contribution in [3.05, 3.63) is 34.4 Å². The Morgan fingerprint density at radius 2 is 2.05 bits per heavy atom. The standard InChI is InChI=1S/C12H13NO5S2/c14-8-5-19-11-9(15)10(8)18-12(11)20-7-3-1-6(2-4-7)13(16)17/h1-4,8-12,14-15H,5H2/t8-,9-,10+,11-,12+/m1/s1. The van der Waals surface area contributed by atoms with Crippen molar-refractivity contribution >= 4 is 29.2 Å². The molecule has 0 radical (unpaired) electrons. The van der Waals surface area contributed by atoms with E-state index in [1.54, 1.807) is 12.1 Å². The minimum atomic E-state index is -0.667. The fourth-order valence-corrected chi connectivity index (χ4v) is 4.96. The molecule has 1 aromatic carbocycles. The van der Waals surface area contributed by atoms with Crippen molar-refractivity contribution < 1.29 is 19.9 Å². The van der Waals surface area contributed by atoms with E-state index in [-0.39, 0.29) is 16.4 Å². The Morgan fingerprint density at radius 3 is 2.65 bits per heavy atom. The van der Waals surface area contributed by atoms with E-state index < -0.39 is 23.2 Å². The van der Waals surface area contributed by atoms with Crippen molar-refractivity contribution in [3.8, 4) is 0 Å². The Morgan fingerprint density at radius 1 is 1.35 bits per heavy atom. The van der Waals surface area contributed by atoms with Crippen LogP contribution in [-0.4, -0.2) is 49.9 Å². The lowest BCUT2D eigenvalue weighted by molar-refractivity contribution is -0.384. The zero-order chi connectivity index (χ0) is 14.3. The van der Waals surface area contributed by atoms with Crippen molar-refractivity contribution in [1.29, 1.82) is 0 Å². The summed E-state index contributed by atoms with van der Waals surface area (Å²) in [6.07, 6.45) is -1.84. The Bertz CT molecular complexity index is 511. The fourth-order valence-electron chi connectivity index (χ4n) is 2.34. The maximum absolute atomic E-state index is 10.6. The van der Waals surface area contributed by atoms with Gasteiger partial charge in [0.05, 0.1) is 22.4 Å². The molecule has 2 heterocycles. The van der Waals surface area contributed by atoms with Gasteiger partial charge in [-0.3, -0.25) is 10.1 Å². The number of ether oxygens (including phenoxy) is 1. The van der Waals surface area contributed by atoms with Crippen molar-refractivity contribution in [1.82, 2.24) is 0 Å². The van der Waals surface area contributed by atoms with E-state index in [1.165, 1.54) is 35.7 Å². The zero-order valence-corrected chi connectivity index (χ0v) is 11.9. The van der Waals surface area contributed by atoms with Gasteiger partial charge in [0, 0.05) is 22.8 Å². The summed E-state index contributed by atoms with van der Waals surface area (Å²) in [7, 11) is 0. The summed E-state index contributed by atoms with van der Waals surface area (Å²) in [5.74, 6) is 0.559. The summed E-state index contributed by atoms with van der Waals surface area (Å²) in [6, 6.07) is 6.23. The quantitative estimate of drug-likeness (QED) is 0.640. The minimum absolute atomic E-state index is 0.0465. The maximum atomic E-state index is 10.6. The third-order valence-corrected chi connectivity index (χ3v) is 6.17. The first-order valence-corrected chi connectivity index (χ1v) is 8.03. The van der Waals surface area contributed by atoms with Crippen LogP contribution in [-0.2, 0) is 4.74 Å². The fraction of sp³-hybridized carbons (Fsp3) is 0.500. The van der Waals surface area contributed by atoms with Crippen LogP contribution in [0.4, 0.5) is 5.69 Å². The van der Waals surface area contributed by atoms with Crippen LogP contribution in [0.3, 0.4) is 0 Å². The molecule has 0 aromatic heterocycles. The number of nitro groups is 1. The molecule has 0 unspecified atom stereocenters. The molecule has 8 heteroatoms. The van der Waals surface area contributed by atoms with Crippen LogP contribution in [0.1, 0.15) is 0 Å². The lowest BCUT2D eigenvalue weighted by atomic mass is 10.1. The van der Waals surface area contributed by atoms with Gasteiger partial charge >= 0.3 is 0 Å². The SMILES string of the molecule is O=[N+]([O-])c1ccc(S[C@@H]2O[C@@H]3[C@@H](O)[C@H]2SC[C@H]3O)cc1. The van der Waals surface area contributed by atoms with Crippen LogP contribution in [0.5, 0.6) is 0 Å². The Hall–Kier alpha value is -0.800. The molecule has 0 saturated carbocycles. The number of hydrogen-bond acceptors (Lipinski definition) is 7. The molecule has 108 valence electrons. The highest BCUT2D eigenvalue weighted by atomic mass is 32.2. The smallest absolute Gasteiger partial charge is 0.269 e. The molecule has 0 spiro atoms. The summed E-state index contributed by atoms with van der Waals surface area (Å²) in [5, 5.41) is 30.3. The van der Waals surface area contributed by atoms with Crippen LogP contribution in [0.2, 0.25) is 0 Å². The zero-order valence-electron chi connectivity index (χ0n) is 10.3. The highest BCUT2D eigenvalue weighted by Gasteiger charge is 2.50. The van der Waals surface area contributed by atoms with Gasteiger partial charge in [-0.05, 0) is 12.1 Å². The van der Waals surface area contributed by atoms with Crippen molar-refractivity contribution in [3.63, 3.8) is 0 Å². The molecule has 20 heavy (non-hydrogen) atoms. The molecule has 2 aliphatic rings. The summed E-state index contributed by atoms with van der Waals surface area (Å²) < 4.78 is 5.70. The molecule has 2 bridgehead atoms. The normalized spacial score (nSPS) is 36.0. The van der Waals surface area contributed by atoms with Gasteiger partial charge < -0.3 is 14.9 Å². The van der Waals surface area contributed by atoms with Crippen molar-refractivity contribution in [2.24, 2.45) is 0 Å². The first-order valence-electron chi connectivity index (χ1n) is 6.10. The van der Waals surface area contributed by atoms with Gasteiger partial charge in [0.15, 0.2) is 0 Å². The number of nitro benzene ring substituents is 1. The Kier molecular flexibility index (Phi) is 3.91. The summed E-state index contributed by atoms with van der Waals surface area (Å²) in [5.41, 5.74) is -0.205. The first-order chi connectivity index (χ1) is 9.56. The number of hydrogen-bond donors (Lipinski definition) is 2. The molecule has 2 fully saturated rings. The molecule has 2 saturated heterocycles. The lowest BCUT2D eigenvalue weighted by Crippen LogP contribution is -2.43. The number of aliphatic hydroxyl groups excluding tert-OH is 2. The highest BCUT2D eigenvalue weighted by Crippen LogP contribution is 2.44.